The van der Waals surface area contributed by atoms with Crippen molar-refractivity contribution in [3.8, 4) is 0 Å². The zero-order valence-electron chi connectivity index (χ0n) is 10.7. The van der Waals surface area contributed by atoms with Gasteiger partial charge in [0.2, 0.25) is 5.13 Å². The van der Waals surface area contributed by atoms with E-state index in [1.165, 1.54) is 30.1 Å². The lowest BCUT2D eigenvalue weighted by molar-refractivity contribution is -0.385. The van der Waals surface area contributed by atoms with Crippen LogP contribution in [-0.4, -0.2) is 32.8 Å². The number of nitrogens with zero attached hydrogens (tertiary/aromatic N) is 4. The van der Waals surface area contributed by atoms with Gasteiger partial charge in [0, 0.05) is 6.07 Å². The minimum atomic E-state index is -0.598. The molecular weight excluding hydrogens is 318 g/mol. The van der Waals surface area contributed by atoms with E-state index < -0.39 is 11.0 Å². The number of nitro groups is 1. The number of anilines is 1. The first-order valence-corrected chi connectivity index (χ1v) is 7.27. The van der Waals surface area contributed by atoms with Crippen LogP contribution in [0.2, 0.25) is 0 Å². The maximum atomic E-state index is 11.2. The Bertz CT molecular complexity index is 645. The summed E-state index contributed by atoms with van der Waals surface area (Å²) in [6.45, 7) is 1.96. The second-order valence-electron chi connectivity index (χ2n) is 3.43. The molecule has 21 heavy (non-hydrogen) atoms. The molecule has 2 heterocycles. The largest absolute Gasteiger partial charge is 0.450 e. The van der Waals surface area contributed by atoms with Gasteiger partial charge in [0.05, 0.1) is 11.5 Å². The number of rotatable bonds is 5. The molecule has 0 fully saturated rings. The highest BCUT2D eigenvalue weighted by Crippen LogP contribution is 2.31. The molecule has 0 aliphatic carbocycles. The number of pyridine rings is 1. The van der Waals surface area contributed by atoms with Gasteiger partial charge < -0.3 is 4.74 Å². The Morgan fingerprint density at radius 2 is 2.33 bits per heavy atom. The zero-order chi connectivity index (χ0) is 15.2. The molecule has 2 aromatic heterocycles. The molecule has 0 unspecified atom stereocenters. The van der Waals surface area contributed by atoms with Crippen molar-refractivity contribution < 1.29 is 14.5 Å². The number of amides is 1. The predicted molar refractivity (Wildman–Crippen MR) is 75.6 cm³/mol. The molecule has 1 amide bonds. The first-order chi connectivity index (χ1) is 10.1. The average Bonchev–Trinajstić information content (AvgIpc) is 2.86. The van der Waals surface area contributed by atoms with Crippen LogP contribution in [0, 0.1) is 10.1 Å². The van der Waals surface area contributed by atoms with E-state index in [4.69, 9.17) is 4.74 Å². The molecule has 0 aliphatic heterocycles. The summed E-state index contributed by atoms with van der Waals surface area (Å²) < 4.78 is 5.26. The lowest BCUT2D eigenvalue weighted by Gasteiger charge is -1.99. The summed E-state index contributed by atoms with van der Waals surface area (Å²) in [5, 5.41) is 21.4. The second-order valence-corrected chi connectivity index (χ2v) is 5.68. The average molecular weight is 327 g/mol. The first-order valence-electron chi connectivity index (χ1n) is 5.64. The molecule has 0 spiro atoms. The fraction of sp³-hybridized carbons (Fsp3) is 0.200. The maximum absolute atomic E-state index is 11.2. The van der Waals surface area contributed by atoms with Crippen molar-refractivity contribution in [3.05, 3.63) is 28.4 Å². The quantitative estimate of drug-likeness (QED) is 0.505. The lowest BCUT2D eigenvalue weighted by Crippen LogP contribution is -2.12. The third-order valence-corrected chi connectivity index (χ3v) is 3.85. The van der Waals surface area contributed by atoms with Gasteiger partial charge in [0.15, 0.2) is 4.34 Å². The first kappa shape index (κ1) is 15.1. The van der Waals surface area contributed by atoms with E-state index in [1.807, 2.05) is 0 Å². The molecule has 2 rings (SSSR count). The van der Waals surface area contributed by atoms with Crippen molar-refractivity contribution in [1.29, 1.82) is 0 Å². The van der Waals surface area contributed by atoms with Gasteiger partial charge in [-0.25, -0.2) is 9.78 Å². The number of hydrogen-bond acceptors (Lipinski definition) is 9. The highest BCUT2D eigenvalue weighted by atomic mass is 32.2. The van der Waals surface area contributed by atoms with Gasteiger partial charge in [-0.2, -0.15) is 0 Å². The number of hydrogen-bond donors (Lipinski definition) is 1. The molecule has 9 nitrogen and oxygen atoms in total. The Kier molecular flexibility index (Phi) is 5.00. The van der Waals surface area contributed by atoms with Crippen LogP contribution < -0.4 is 5.32 Å². The molecule has 0 bridgehead atoms. The van der Waals surface area contributed by atoms with Gasteiger partial charge in [-0.3, -0.25) is 15.4 Å². The summed E-state index contributed by atoms with van der Waals surface area (Å²) in [6, 6.07) is 2.87. The van der Waals surface area contributed by atoms with E-state index in [0.717, 1.165) is 11.3 Å². The molecule has 11 heteroatoms. The van der Waals surface area contributed by atoms with Crippen molar-refractivity contribution in [1.82, 2.24) is 15.2 Å². The molecule has 0 radical (unpaired) electrons. The zero-order valence-corrected chi connectivity index (χ0v) is 12.3. The topological polar surface area (TPSA) is 120 Å². The second kappa shape index (κ2) is 6.95. The van der Waals surface area contributed by atoms with Gasteiger partial charge in [-0.15, -0.1) is 10.2 Å². The van der Waals surface area contributed by atoms with Crippen LogP contribution in [0.4, 0.5) is 15.6 Å². The van der Waals surface area contributed by atoms with E-state index >= 15 is 0 Å². The van der Waals surface area contributed by atoms with E-state index in [-0.39, 0.29) is 12.3 Å². The van der Waals surface area contributed by atoms with Crippen molar-refractivity contribution >= 4 is 40.0 Å². The van der Waals surface area contributed by atoms with Gasteiger partial charge in [-0.1, -0.05) is 11.3 Å². The summed E-state index contributed by atoms with van der Waals surface area (Å²) in [5.74, 6) is 0. The van der Waals surface area contributed by atoms with Gasteiger partial charge >= 0.3 is 6.09 Å². The fourth-order valence-electron chi connectivity index (χ4n) is 1.19. The van der Waals surface area contributed by atoms with Gasteiger partial charge in [0.1, 0.15) is 11.2 Å². The van der Waals surface area contributed by atoms with E-state index in [2.05, 4.69) is 20.5 Å². The number of carbonyl (C=O) groups is 1. The molecule has 2 aromatic rings. The monoisotopic (exact) mass is 327 g/mol. The third-order valence-electron chi connectivity index (χ3n) is 2.01. The standard InChI is InChI=1S/C10H9N5O4S2/c1-2-19-9(16)12-8-13-14-10(21-8)20-7-4-3-6(5-11-7)15(17)18/h3-5H,2H2,1H3,(H,12,13,16). The highest BCUT2D eigenvalue weighted by Gasteiger charge is 2.11. The van der Waals surface area contributed by atoms with Crippen LogP contribution in [0.1, 0.15) is 6.92 Å². The SMILES string of the molecule is CCOC(=O)Nc1nnc(Sc2ccc([N+](=O)[O-])cn2)s1. The predicted octanol–water partition coefficient (Wildman–Crippen LogP) is 2.56. The van der Waals surface area contributed by atoms with Crippen LogP contribution in [0.3, 0.4) is 0 Å². The normalized spacial score (nSPS) is 10.1. The Morgan fingerprint density at radius 1 is 1.52 bits per heavy atom. The molecule has 0 saturated carbocycles. The van der Waals surface area contributed by atoms with E-state index in [1.54, 1.807) is 6.92 Å². The van der Waals surface area contributed by atoms with Gasteiger partial charge in [0.25, 0.3) is 5.69 Å². The number of nitrogens with one attached hydrogen (secondary N) is 1. The van der Waals surface area contributed by atoms with Crippen LogP contribution in [-0.2, 0) is 4.74 Å². The van der Waals surface area contributed by atoms with Crippen molar-refractivity contribution in [3.63, 3.8) is 0 Å². The van der Waals surface area contributed by atoms with Crippen LogP contribution in [0.25, 0.3) is 0 Å². The number of aromatic nitrogens is 3. The Morgan fingerprint density at radius 3 is 2.95 bits per heavy atom. The highest BCUT2D eigenvalue weighted by molar-refractivity contribution is 8.01. The minimum absolute atomic E-state index is 0.0821. The molecule has 0 atom stereocenters. The summed E-state index contributed by atoms with van der Waals surface area (Å²) in [7, 11) is 0. The maximum Gasteiger partial charge on any atom is 0.413 e. The molecule has 0 saturated heterocycles. The summed E-state index contributed by atoms with van der Waals surface area (Å²) >= 11 is 2.34. The number of carbonyl (C=O) groups excluding carboxylic acids is 1. The van der Waals surface area contributed by atoms with Crippen molar-refractivity contribution in [2.24, 2.45) is 0 Å². The Hall–Kier alpha value is -2.27. The summed E-state index contributed by atoms with van der Waals surface area (Å²) in [6.07, 6.45) is 0.569. The molecule has 0 aromatic carbocycles. The summed E-state index contributed by atoms with van der Waals surface area (Å²) in [5.41, 5.74) is -0.0821. The van der Waals surface area contributed by atoms with Crippen LogP contribution in [0.15, 0.2) is 27.7 Å². The fourth-order valence-corrected chi connectivity index (χ4v) is 2.81. The molecule has 1 N–H and O–H groups in total. The molecule has 110 valence electrons. The number of ether oxygens (including phenoxy) is 1. The van der Waals surface area contributed by atoms with E-state index in [0.29, 0.717) is 14.5 Å². The van der Waals surface area contributed by atoms with E-state index in [9.17, 15) is 14.9 Å². The Balaban J connectivity index is 1.98. The van der Waals surface area contributed by atoms with Crippen LogP contribution in [0.5, 0.6) is 0 Å². The third kappa shape index (κ3) is 4.36. The smallest absolute Gasteiger partial charge is 0.413 e. The van der Waals surface area contributed by atoms with Crippen LogP contribution >= 0.6 is 23.1 Å². The van der Waals surface area contributed by atoms with Crippen molar-refractivity contribution in [2.75, 3.05) is 11.9 Å². The Labute approximate surface area is 126 Å². The minimum Gasteiger partial charge on any atom is -0.450 e. The van der Waals surface area contributed by atoms with Crippen molar-refractivity contribution in [2.45, 2.75) is 16.3 Å². The molecule has 0 aliphatic rings. The molecular formula is C10H9N5O4S2. The lowest BCUT2D eigenvalue weighted by atomic mass is 10.4. The van der Waals surface area contributed by atoms with Gasteiger partial charge in [-0.05, 0) is 24.8 Å². The summed E-state index contributed by atoms with van der Waals surface area (Å²) in [4.78, 5) is 25.1.